The van der Waals surface area contributed by atoms with E-state index in [1.54, 1.807) is 0 Å². The average Bonchev–Trinajstić information content (AvgIpc) is 2.16. The van der Waals surface area contributed by atoms with Gasteiger partial charge in [-0.3, -0.25) is 0 Å². The smallest absolute Gasteiger partial charge is 0.165 e. The number of rotatable bonds is 3. The van der Waals surface area contributed by atoms with E-state index < -0.39 is 0 Å². The Morgan fingerprint density at radius 1 is 0.889 bits per heavy atom. The van der Waals surface area contributed by atoms with E-state index in [9.17, 15) is 0 Å². The molecule has 18 heavy (non-hydrogen) atoms. The van der Waals surface area contributed by atoms with E-state index in [2.05, 4.69) is 0 Å². The Morgan fingerprint density at radius 3 is 1.89 bits per heavy atom. The molecule has 0 amide bonds. The molecule has 0 aliphatic carbocycles. The molecule has 0 bridgehead atoms. The van der Waals surface area contributed by atoms with E-state index >= 15 is 0 Å². The summed E-state index contributed by atoms with van der Waals surface area (Å²) < 4.78 is 12.0. The van der Waals surface area contributed by atoms with Crippen molar-refractivity contribution in [3.8, 4) is 11.5 Å². The first-order valence-corrected chi connectivity index (χ1v) is 6.43. The highest BCUT2D eigenvalue weighted by molar-refractivity contribution is 5.50. The van der Waals surface area contributed by atoms with Crippen molar-refractivity contribution in [2.24, 2.45) is 0 Å². The van der Waals surface area contributed by atoms with Gasteiger partial charge in [0.25, 0.3) is 0 Å². The maximum Gasteiger partial charge on any atom is 0.165 e. The molecule has 0 N–H and O–H groups in total. The number of para-hydroxylation sites is 1. The molecule has 0 aliphatic heterocycles. The second-order valence-electron chi connectivity index (χ2n) is 6.39. The molecule has 0 saturated carbocycles. The molecule has 0 aliphatic rings. The van der Waals surface area contributed by atoms with Crippen molar-refractivity contribution in [1.82, 2.24) is 0 Å². The predicted molar refractivity (Wildman–Crippen MR) is 76.3 cm³/mol. The van der Waals surface area contributed by atoms with Gasteiger partial charge in [-0.15, -0.1) is 0 Å². The van der Waals surface area contributed by atoms with E-state index in [4.69, 9.17) is 9.47 Å². The van der Waals surface area contributed by atoms with Crippen LogP contribution < -0.4 is 9.47 Å². The fraction of sp³-hybridized carbons (Fsp3) is 0.562. The monoisotopic (exact) mass is 249 g/mol. The number of hydrogen-bond donors (Lipinski definition) is 0. The third-order valence-electron chi connectivity index (χ3n) is 2.14. The molecule has 0 saturated heterocycles. The van der Waals surface area contributed by atoms with Gasteiger partial charge in [-0.2, -0.15) is 0 Å². The van der Waals surface area contributed by atoms with Crippen LogP contribution in [-0.2, 0) is 0 Å². The highest BCUT2D eigenvalue weighted by atomic mass is 16.5. The molecule has 1 aromatic rings. The molecule has 0 fully saturated rings. The van der Waals surface area contributed by atoms with Crippen LogP contribution in [0.4, 0.5) is 0 Å². The summed E-state index contributed by atoms with van der Waals surface area (Å²) in [5.41, 5.74) is 0.587. The zero-order valence-corrected chi connectivity index (χ0v) is 12.6. The molecule has 2 nitrogen and oxygen atoms in total. The highest BCUT2D eigenvalue weighted by Gasteiger charge is 2.21. The van der Waals surface area contributed by atoms with Crippen molar-refractivity contribution < 1.29 is 9.47 Å². The quantitative estimate of drug-likeness (QED) is 0.778. The standard InChI is InChI=1S/C16H25O2/c1-8-12-10-9-11-13(17-15(2,3)4)14(12)18-16(5,6)7/h8-11H,1-7H3. The summed E-state index contributed by atoms with van der Waals surface area (Å²) in [5.74, 6) is 1.62. The minimum Gasteiger partial charge on any atom is -0.484 e. The van der Waals surface area contributed by atoms with Crippen molar-refractivity contribution in [3.63, 3.8) is 0 Å². The van der Waals surface area contributed by atoms with Crippen LogP contribution in [0, 0.1) is 6.42 Å². The van der Waals surface area contributed by atoms with Gasteiger partial charge in [-0.25, -0.2) is 0 Å². The Bertz CT molecular complexity index is 395. The van der Waals surface area contributed by atoms with E-state index in [0.717, 1.165) is 17.1 Å². The van der Waals surface area contributed by atoms with Gasteiger partial charge in [0.1, 0.15) is 11.2 Å². The van der Waals surface area contributed by atoms with E-state index in [1.807, 2.05) is 73.1 Å². The lowest BCUT2D eigenvalue weighted by atomic mass is 10.1. The third-order valence-corrected chi connectivity index (χ3v) is 2.14. The van der Waals surface area contributed by atoms with Crippen molar-refractivity contribution in [2.75, 3.05) is 0 Å². The lowest BCUT2D eigenvalue weighted by Crippen LogP contribution is -2.27. The molecule has 101 valence electrons. The summed E-state index contributed by atoms with van der Waals surface area (Å²) in [5, 5.41) is 0. The molecule has 0 aromatic heterocycles. The predicted octanol–water partition coefficient (Wildman–Crippen LogP) is 4.61. The van der Waals surface area contributed by atoms with E-state index in [-0.39, 0.29) is 11.2 Å². The van der Waals surface area contributed by atoms with E-state index in [1.165, 1.54) is 0 Å². The SMILES string of the molecule is C[CH]c1cccc(OC(C)(C)C)c1OC(C)(C)C. The van der Waals surface area contributed by atoms with Crippen LogP contribution in [0.5, 0.6) is 11.5 Å². The minimum absolute atomic E-state index is 0.234. The van der Waals surface area contributed by atoms with Crippen molar-refractivity contribution in [3.05, 3.63) is 30.2 Å². The first-order chi connectivity index (χ1) is 8.12. The van der Waals surface area contributed by atoms with Gasteiger partial charge < -0.3 is 9.47 Å². The van der Waals surface area contributed by atoms with Crippen LogP contribution in [0.2, 0.25) is 0 Å². The molecule has 0 heterocycles. The normalized spacial score (nSPS) is 12.4. The van der Waals surface area contributed by atoms with Gasteiger partial charge >= 0.3 is 0 Å². The molecule has 2 heteroatoms. The van der Waals surface area contributed by atoms with Crippen LogP contribution in [0.1, 0.15) is 54.0 Å². The summed E-state index contributed by atoms with van der Waals surface area (Å²) in [7, 11) is 0. The first-order valence-electron chi connectivity index (χ1n) is 6.43. The Labute approximate surface area is 111 Å². The minimum atomic E-state index is -0.241. The molecule has 1 rings (SSSR count). The second kappa shape index (κ2) is 5.21. The number of benzene rings is 1. The van der Waals surface area contributed by atoms with Crippen molar-refractivity contribution in [2.45, 2.75) is 59.7 Å². The van der Waals surface area contributed by atoms with Crippen LogP contribution in [0.15, 0.2) is 18.2 Å². The molecule has 0 spiro atoms. The Kier molecular flexibility index (Phi) is 4.31. The van der Waals surface area contributed by atoms with Crippen LogP contribution in [0.3, 0.4) is 0 Å². The molecular weight excluding hydrogens is 224 g/mol. The Morgan fingerprint density at radius 2 is 1.44 bits per heavy atom. The summed E-state index contributed by atoms with van der Waals surface area (Å²) in [6, 6.07) is 5.99. The second-order valence-corrected chi connectivity index (χ2v) is 6.39. The molecule has 1 aromatic carbocycles. The Balaban J connectivity index is 3.16. The molecule has 0 atom stereocenters. The maximum absolute atomic E-state index is 6.04. The van der Waals surface area contributed by atoms with Gasteiger partial charge in [0.15, 0.2) is 11.5 Å². The number of ether oxygens (including phenoxy) is 2. The highest BCUT2D eigenvalue weighted by Crippen LogP contribution is 2.36. The lowest BCUT2D eigenvalue weighted by Gasteiger charge is -2.28. The number of hydrogen-bond acceptors (Lipinski definition) is 2. The van der Waals surface area contributed by atoms with Gasteiger partial charge in [0.05, 0.1) is 0 Å². The zero-order valence-electron chi connectivity index (χ0n) is 12.6. The van der Waals surface area contributed by atoms with Gasteiger partial charge in [0, 0.05) is 5.56 Å². The van der Waals surface area contributed by atoms with E-state index in [0.29, 0.717) is 0 Å². The topological polar surface area (TPSA) is 18.5 Å². The third kappa shape index (κ3) is 4.59. The molecular formula is C16H25O2. The fourth-order valence-electron chi connectivity index (χ4n) is 1.59. The average molecular weight is 249 g/mol. The van der Waals surface area contributed by atoms with Crippen LogP contribution in [-0.4, -0.2) is 11.2 Å². The molecule has 1 radical (unpaired) electrons. The Hall–Kier alpha value is -1.18. The maximum atomic E-state index is 6.04. The van der Waals surface area contributed by atoms with Crippen molar-refractivity contribution in [1.29, 1.82) is 0 Å². The lowest BCUT2D eigenvalue weighted by molar-refractivity contribution is 0.0952. The largest absolute Gasteiger partial charge is 0.484 e. The summed E-state index contributed by atoms with van der Waals surface area (Å²) in [4.78, 5) is 0. The summed E-state index contributed by atoms with van der Waals surface area (Å²) >= 11 is 0. The molecule has 0 unspecified atom stereocenters. The zero-order chi connectivity index (χ0) is 14.0. The van der Waals surface area contributed by atoms with Gasteiger partial charge in [-0.05, 0) is 54.0 Å². The summed E-state index contributed by atoms with van der Waals surface area (Å²) in [6.07, 6.45) is 2.04. The first kappa shape index (κ1) is 14.9. The van der Waals surface area contributed by atoms with Crippen LogP contribution in [0.25, 0.3) is 0 Å². The van der Waals surface area contributed by atoms with Crippen LogP contribution >= 0.6 is 0 Å². The fourth-order valence-corrected chi connectivity index (χ4v) is 1.59. The van der Waals surface area contributed by atoms with Gasteiger partial charge in [-0.1, -0.05) is 19.1 Å². The van der Waals surface area contributed by atoms with Crippen molar-refractivity contribution >= 4 is 0 Å². The van der Waals surface area contributed by atoms with Gasteiger partial charge in [0.2, 0.25) is 0 Å². The summed E-state index contributed by atoms with van der Waals surface area (Å²) in [6.45, 7) is 14.2.